The van der Waals surface area contributed by atoms with Crippen LogP contribution >= 0.6 is 11.6 Å². The number of oxazole rings is 1. The van der Waals surface area contributed by atoms with E-state index in [0.29, 0.717) is 64.5 Å². The summed E-state index contributed by atoms with van der Waals surface area (Å²) >= 11 is 6.79. The van der Waals surface area contributed by atoms with E-state index in [0.717, 1.165) is 12.8 Å². The molecule has 15 nitrogen and oxygen atoms in total. The molecule has 1 aliphatic heterocycles. The van der Waals surface area contributed by atoms with Gasteiger partial charge in [-0.25, -0.2) is 14.6 Å². The summed E-state index contributed by atoms with van der Waals surface area (Å²) in [5, 5.41) is 19.7. The minimum atomic E-state index is -1.42. The maximum Gasteiger partial charge on any atom is 0.408 e. The molecule has 3 amide bonds. The smallest absolute Gasteiger partial charge is 0.408 e. The molecule has 7 rings (SSSR count). The molecule has 4 N–H and O–H groups in total. The van der Waals surface area contributed by atoms with E-state index < -0.39 is 53.0 Å². The van der Waals surface area contributed by atoms with E-state index >= 15 is 0 Å². The third-order valence-electron chi connectivity index (χ3n) is 11.6. The maximum absolute atomic E-state index is 14.7. The van der Waals surface area contributed by atoms with Crippen LogP contribution in [0.15, 0.2) is 28.9 Å². The highest BCUT2D eigenvalue weighted by Crippen LogP contribution is 2.52. The van der Waals surface area contributed by atoms with Gasteiger partial charge in [0.1, 0.15) is 58.3 Å². The van der Waals surface area contributed by atoms with Crippen molar-refractivity contribution in [3.8, 4) is 22.9 Å². The number of halogens is 1. The van der Waals surface area contributed by atoms with Gasteiger partial charge >= 0.3 is 12.1 Å². The van der Waals surface area contributed by atoms with E-state index in [9.17, 15) is 24.3 Å². The third kappa shape index (κ3) is 7.78. The number of aromatic nitrogens is 2. The average Bonchev–Trinajstić information content (AvgIpc) is 3.80. The second-order valence-electron chi connectivity index (χ2n) is 17.1. The van der Waals surface area contributed by atoms with Gasteiger partial charge in [0, 0.05) is 23.9 Å². The van der Waals surface area contributed by atoms with Crippen molar-refractivity contribution in [2.75, 3.05) is 19.0 Å². The van der Waals surface area contributed by atoms with Crippen molar-refractivity contribution in [2.45, 2.75) is 116 Å². The number of rotatable bonds is 13. The SMILES string of the molecule is CC[C@@H]1C[C@]1(NC(=O)[C@@H]1C[C@@H](Oc2cc(-c3coc(NC(C)C)n3)nc3c(Cl)c(OC)ccc23)CN1C(=O)[C@@H](NC(=O)O[C@@H]1C[C@@H]2C[C@@H]2C1)C(C)(C)C)C(=O)O. The van der Waals surface area contributed by atoms with Gasteiger partial charge in [0.2, 0.25) is 11.8 Å². The van der Waals surface area contributed by atoms with Gasteiger partial charge in [0.25, 0.3) is 6.01 Å². The summed E-state index contributed by atoms with van der Waals surface area (Å²) in [5.41, 5.74) is -1.03. The number of carbonyl (C=O) groups excluding carboxylic acids is 3. The molecule has 0 spiro atoms. The van der Waals surface area contributed by atoms with Crippen molar-refractivity contribution in [2.24, 2.45) is 23.2 Å². The number of carbonyl (C=O) groups is 4. The number of aliphatic carboxylic acids is 1. The standard InChI is InChI=1S/C40H51ClN6O9/c1-8-22-16-40(22,36(50)51)46-34(48)28-14-24(17-47(28)35(49)33(39(4,5)6)45-38(52)56-23-12-20-11-21(20)13-23)55-30-15-26(27-18-54-37(44-27)42-19(2)3)43-32-25(30)9-10-29(53-7)31(32)41/h9-10,15,18-24,28,33H,8,11-14,16-17H2,1-7H3,(H,42,44)(H,45,52)(H,46,48)(H,50,51)/t20-,21+,22-,23+,24-,28+,33-,40-/m1/s1. The molecule has 3 aliphatic carbocycles. The number of benzene rings is 1. The predicted octanol–water partition coefficient (Wildman–Crippen LogP) is 6.03. The lowest BCUT2D eigenvalue weighted by Gasteiger charge is -2.35. The summed E-state index contributed by atoms with van der Waals surface area (Å²) < 4.78 is 23.5. The lowest BCUT2D eigenvalue weighted by molar-refractivity contribution is -0.146. The zero-order chi connectivity index (χ0) is 40.3. The first kappa shape index (κ1) is 39.4. The van der Waals surface area contributed by atoms with E-state index in [2.05, 4.69) is 20.9 Å². The average molecular weight is 795 g/mol. The van der Waals surface area contributed by atoms with Crippen molar-refractivity contribution in [1.82, 2.24) is 25.5 Å². The largest absolute Gasteiger partial charge is 0.495 e. The van der Waals surface area contributed by atoms with Crippen molar-refractivity contribution >= 4 is 52.4 Å². The molecule has 3 saturated carbocycles. The summed E-state index contributed by atoms with van der Waals surface area (Å²) in [6, 6.07) is 3.34. The summed E-state index contributed by atoms with van der Waals surface area (Å²) in [5.74, 6) is -0.524. The fourth-order valence-electron chi connectivity index (χ4n) is 8.32. The normalized spacial score (nSPS) is 27.1. The Morgan fingerprint density at radius 1 is 1.05 bits per heavy atom. The van der Waals surface area contributed by atoms with Crippen LogP contribution in [0.25, 0.3) is 22.3 Å². The fraction of sp³-hybridized carbons (Fsp3) is 0.600. The second kappa shape index (κ2) is 14.9. The monoisotopic (exact) mass is 794 g/mol. The molecule has 0 radical (unpaired) electrons. The lowest BCUT2D eigenvalue weighted by atomic mass is 9.85. The highest BCUT2D eigenvalue weighted by molar-refractivity contribution is 6.36. The minimum Gasteiger partial charge on any atom is -0.495 e. The Kier molecular flexibility index (Phi) is 10.5. The fourth-order valence-corrected chi connectivity index (χ4v) is 8.61. The number of hydrogen-bond donors (Lipinski definition) is 4. The number of fused-ring (bicyclic) bond motifs is 2. The lowest BCUT2D eigenvalue weighted by Crippen LogP contribution is -2.59. The molecule has 0 bridgehead atoms. The molecule has 1 aromatic carbocycles. The molecular formula is C40H51ClN6O9. The number of nitrogens with one attached hydrogen (secondary N) is 3. The Morgan fingerprint density at radius 2 is 1.79 bits per heavy atom. The minimum absolute atomic E-state index is 0.0334. The number of methoxy groups -OCH3 is 1. The summed E-state index contributed by atoms with van der Waals surface area (Å²) in [7, 11) is 1.50. The Labute approximate surface area is 330 Å². The van der Waals surface area contributed by atoms with E-state index in [-0.39, 0.29) is 36.1 Å². The number of carboxylic acids is 1. The van der Waals surface area contributed by atoms with E-state index in [1.165, 1.54) is 24.7 Å². The van der Waals surface area contributed by atoms with Gasteiger partial charge in [-0.2, -0.15) is 4.98 Å². The highest BCUT2D eigenvalue weighted by atomic mass is 35.5. The van der Waals surface area contributed by atoms with Crippen LogP contribution in [0.5, 0.6) is 11.5 Å². The van der Waals surface area contributed by atoms with Gasteiger partial charge in [-0.3, -0.25) is 9.59 Å². The van der Waals surface area contributed by atoms with Crippen molar-refractivity contribution in [3.63, 3.8) is 0 Å². The summed E-state index contributed by atoms with van der Waals surface area (Å²) in [6.07, 6.45) is 3.54. The number of pyridine rings is 1. The molecule has 1 saturated heterocycles. The first-order chi connectivity index (χ1) is 26.5. The van der Waals surface area contributed by atoms with Crippen molar-refractivity contribution in [3.05, 3.63) is 29.5 Å². The van der Waals surface area contributed by atoms with E-state index in [4.69, 9.17) is 35.2 Å². The molecule has 4 aliphatic rings. The quantitative estimate of drug-likeness (QED) is 0.157. The third-order valence-corrected chi connectivity index (χ3v) is 11.9. The first-order valence-electron chi connectivity index (χ1n) is 19.4. The van der Waals surface area contributed by atoms with Gasteiger partial charge in [0.15, 0.2) is 0 Å². The molecule has 3 aromatic rings. The number of anilines is 1. The van der Waals surface area contributed by atoms with E-state index in [1.807, 2.05) is 41.5 Å². The molecule has 302 valence electrons. The molecule has 56 heavy (non-hydrogen) atoms. The van der Waals surface area contributed by atoms with Gasteiger partial charge in [-0.15, -0.1) is 0 Å². The van der Waals surface area contributed by atoms with Crippen LogP contribution in [0.3, 0.4) is 0 Å². The summed E-state index contributed by atoms with van der Waals surface area (Å²) in [6.45, 7) is 11.2. The topological polar surface area (TPSA) is 194 Å². The Morgan fingerprint density at radius 3 is 2.41 bits per heavy atom. The molecular weight excluding hydrogens is 744 g/mol. The summed E-state index contributed by atoms with van der Waals surface area (Å²) in [4.78, 5) is 65.2. The van der Waals surface area contributed by atoms with Crippen LogP contribution < -0.4 is 25.4 Å². The molecule has 4 fully saturated rings. The van der Waals surface area contributed by atoms with Crippen LogP contribution in [0.1, 0.15) is 80.1 Å². The number of carboxylic acid groups (broad SMARTS) is 1. The van der Waals surface area contributed by atoms with Crippen molar-refractivity contribution in [1.29, 1.82) is 0 Å². The van der Waals surface area contributed by atoms with Gasteiger partial charge in [0.05, 0.1) is 24.9 Å². The Balaban J connectivity index is 1.20. The molecule has 0 unspecified atom stereocenters. The number of likely N-dealkylation sites (tertiary alicyclic amines) is 1. The second-order valence-corrected chi connectivity index (χ2v) is 17.5. The zero-order valence-electron chi connectivity index (χ0n) is 32.8. The Hall–Kier alpha value is -4.79. The number of alkyl carbamates (subject to hydrolysis) is 1. The molecule has 2 aromatic heterocycles. The number of ether oxygens (including phenoxy) is 3. The van der Waals surface area contributed by atoms with Gasteiger partial charge in [-0.1, -0.05) is 45.7 Å². The van der Waals surface area contributed by atoms with Crippen molar-refractivity contribution < 1.29 is 42.9 Å². The predicted molar refractivity (Wildman–Crippen MR) is 206 cm³/mol. The van der Waals surface area contributed by atoms with Crippen LogP contribution in [-0.4, -0.2) is 93.4 Å². The first-order valence-corrected chi connectivity index (χ1v) is 19.8. The Bertz CT molecular complexity index is 2020. The molecule has 3 heterocycles. The van der Waals surface area contributed by atoms with Gasteiger partial charge in [-0.05, 0) is 74.8 Å². The zero-order valence-corrected chi connectivity index (χ0v) is 33.6. The number of hydrogen-bond acceptors (Lipinski definition) is 11. The van der Waals surface area contributed by atoms with Crippen LogP contribution in [0.4, 0.5) is 10.8 Å². The molecule has 16 heteroatoms. The van der Waals surface area contributed by atoms with Crippen LogP contribution in [0.2, 0.25) is 5.02 Å². The van der Waals surface area contributed by atoms with E-state index in [1.54, 1.807) is 18.2 Å². The number of nitrogens with zero attached hydrogens (tertiary/aromatic N) is 3. The van der Waals surface area contributed by atoms with Crippen LogP contribution in [-0.2, 0) is 19.1 Å². The maximum atomic E-state index is 14.7. The molecule has 8 atom stereocenters. The van der Waals surface area contributed by atoms with Crippen LogP contribution in [0, 0.1) is 23.2 Å². The van der Waals surface area contributed by atoms with Gasteiger partial charge < -0.3 is 44.6 Å². The number of amides is 3. The highest BCUT2D eigenvalue weighted by Gasteiger charge is 2.61.